The molecule has 3 nitrogen and oxygen atoms in total. The highest BCUT2D eigenvalue weighted by molar-refractivity contribution is 5.68. The number of nitrogens with one attached hydrogen (secondary N) is 1. The standard InChI is InChI=1S/C15H19F2NO2/c1-10-8-11(13(17)9-12(10)16)6-5-7-18-14(19)20-15(2,3)4/h5-6,8-9H,7H2,1-4H3,(H,18,19). The van der Waals surface area contributed by atoms with Crippen molar-refractivity contribution in [3.8, 4) is 0 Å². The first-order valence-corrected chi connectivity index (χ1v) is 6.28. The highest BCUT2D eigenvalue weighted by Gasteiger charge is 2.15. The lowest BCUT2D eigenvalue weighted by Crippen LogP contribution is -2.32. The van der Waals surface area contributed by atoms with Crippen molar-refractivity contribution in [3.05, 3.63) is 41.0 Å². The highest BCUT2D eigenvalue weighted by Crippen LogP contribution is 2.15. The van der Waals surface area contributed by atoms with Gasteiger partial charge in [0.25, 0.3) is 0 Å². The van der Waals surface area contributed by atoms with E-state index in [1.54, 1.807) is 33.8 Å². The summed E-state index contributed by atoms with van der Waals surface area (Å²) in [6, 6.07) is 2.25. The first-order valence-electron chi connectivity index (χ1n) is 6.28. The molecule has 20 heavy (non-hydrogen) atoms. The van der Waals surface area contributed by atoms with Crippen LogP contribution in [0.4, 0.5) is 13.6 Å². The molecule has 1 aromatic rings. The van der Waals surface area contributed by atoms with E-state index in [0.29, 0.717) is 5.56 Å². The molecule has 0 unspecified atom stereocenters. The van der Waals surface area contributed by atoms with Crippen LogP contribution in [-0.2, 0) is 4.74 Å². The summed E-state index contributed by atoms with van der Waals surface area (Å²) in [6.07, 6.45) is 2.51. The average molecular weight is 283 g/mol. The molecule has 0 aliphatic rings. The number of amides is 1. The first kappa shape index (κ1) is 16.1. The average Bonchev–Trinajstić information content (AvgIpc) is 2.28. The van der Waals surface area contributed by atoms with Gasteiger partial charge >= 0.3 is 6.09 Å². The van der Waals surface area contributed by atoms with Gasteiger partial charge in [0.2, 0.25) is 0 Å². The van der Waals surface area contributed by atoms with Crippen molar-refractivity contribution in [2.45, 2.75) is 33.3 Å². The normalized spacial score (nSPS) is 11.7. The van der Waals surface area contributed by atoms with Gasteiger partial charge in [-0.3, -0.25) is 0 Å². The molecule has 5 heteroatoms. The van der Waals surface area contributed by atoms with Gasteiger partial charge in [-0.15, -0.1) is 0 Å². The molecule has 0 heterocycles. The van der Waals surface area contributed by atoms with Gasteiger partial charge in [0, 0.05) is 18.2 Å². The Morgan fingerprint density at radius 3 is 2.55 bits per heavy atom. The Bertz CT molecular complexity index is 519. The van der Waals surface area contributed by atoms with E-state index in [1.165, 1.54) is 12.1 Å². The fourth-order valence-electron chi connectivity index (χ4n) is 1.45. The van der Waals surface area contributed by atoms with E-state index >= 15 is 0 Å². The second-order valence-electron chi connectivity index (χ2n) is 5.41. The quantitative estimate of drug-likeness (QED) is 0.916. The Kier molecular flexibility index (Phi) is 5.25. The second kappa shape index (κ2) is 6.50. The summed E-state index contributed by atoms with van der Waals surface area (Å²) >= 11 is 0. The summed E-state index contributed by atoms with van der Waals surface area (Å²) in [5, 5.41) is 2.51. The zero-order chi connectivity index (χ0) is 15.3. The molecule has 110 valence electrons. The minimum atomic E-state index is -0.637. The van der Waals surface area contributed by atoms with Gasteiger partial charge in [0.1, 0.15) is 17.2 Å². The summed E-state index contributed by atoms with van der Waals surface area (Å²) in [5.41, 5.74) is 0.0783. The van der Waals surface area contributed by atoms with Crippen molar-refractivity contribution in [1.82, 2.24) is 5.32 Å². The smallest absolute Gasteiger partial charge is 0.407 e. The van der Waals surface area contributed by atoms with Crippen molar-refractivity contribution < 1.29 is 18.3 Å². The van der Waals surface area contributed by atoms with Crippen LogP contribution >= 0.6 is 0 Å². The van der Waals surface area contributed by atoms with Gasteiger partial charge in [0.05, 0.1) is 0 Å². The summed E-state index contributed by atoms with van der Waals surface area (Å²) in [6.45, 7) is 7.05. The SMILES string of the molecule is Cc1cc(C=CCNC(=O)OC(C)(C)C)c(F)cc1F. The number of carbonyl (C=O) groups is 1. The van der Waals surface area contributed by atoms with Gasteiger partial charge in [0.15, 0.2) is 0 Å². The molecule has 0 spiro atoms. The van der Waals surface area contributed by atoms with Crippen molar-refractivity contribution >= 4 is 12.2 Å². The predicted octanol–water partition coefficient (Wildman–Crippen LogP) is 3.81. The van der Waals surface area contributed by atoms with E-state index < -0.39 is 23.3 Å². The van der Waals surface area contributed by atoms with Crippen LogP contribution in [0.2, 0.25) is 0 Å². The van der Waals surface area contributed by atoms with Crippen LogP contribution in [0.15, 0.2) is 18.2 Å². The predicted molar refractivity (Wildman–Crippen MR) is 74.4 cm³/mol. The maximum atomic E-state index is 13.4. The van der Waals surface area contributed by atoms with Crippen LogP contribution in [-0.4, -0.2) is 18.2 Å². The zero-order valence-corrected chi connectivity index (χ0v) is 12.1. The van der Waals surface area contributed by atoms with E-state index in [2.05, 4.69) is 5.32 Å². The third-order valence-electron chi connectivity index (χ3n) is 2.34. The number of benzene rings is 1. The lowest BCUT2D eigenvalue weighted by Gasteiger charge is -2.19. The highest BCUT2D eigenvalue weighted by atomic mass is 19.1. The van der Waals surface area contributed by atoms with Crippen LogP contribution in [0.1, 0.15) is 31.9 Å². The van der Waals surface area contributed by atoms with Crippen molar-refractivity contribution in [1.29, 1.82) is 0 Å². The zero-order valence-electron chi connectivity index (χ0n) is 12.1. The molecule has 1 aromatic carbocycles. The number of rotatable bonds is 3. The molecule has 0 fully saturated rings. The maximum Gasteiger partial charge on any atom is 0.407 e. The Morgan fingerprint density at radius 2 is 1.95 bits per heavy atom. The number of carbonyl (C=O) groups excluding carboxylic acids is 1. The summed E-state index contributed by atoms with van der Waals surface area (Å²) < 4.78 is 31.6. The Hall–Kier alpha value is -1.91. The van der Waals surface area contributed by atoms with E-state index in [1.807, 2.05) is 0 Å². The monoisotopic (exact) mass is 283 g/mol. The second-order valence-corrected chi connectivity index (χ2v) is 5.41. The van der Waals surface area contributed by atoms with Crippen molar-refractivity contribution in [2.24, 2.45) is 0 Å². The third-order valence-corrected chi connectivity index (χ3v) is 2.34. The molecule has 1 rings (SSSR count). The Balaban J connectivity index is 2.54. The third kappa shape index (κ3) is 5.38. The van der Waals surface area contributed by atoms with E-state index in [9.17, 15) is 13.6 Å². The molecule has 0 radical (unpaired) electrons. The number of ether oxygens (including phenoxy) is 1. The van der Waals surface area contributed by atoms with Crippen LogP contribution in [0.3, 0.4) is 0 Å². The number of alkyl carbamates (subject to hydrolysis) is 1. The van der Waals surface area contributed by atoms with Gasteiger partial charge in [-0.2, -0.15) is 0 Å². The van der Waals surface area contributed by atoms with Crippen LogP contribution in [0.5, 0.6) is 0 Å². The number of aryl methyl sites for hydroxylation is 1. The van der Waals surface area contributed by atoms with Gasteiger partial charge in [-0.1, -0.05) is 12.2 Å². The van der Waals surface area contributed by atoms with Crippen molar-refractivity contribution in [2.75, 3.05) is 6.54 Å². The largest absolute Gasteiger partial charge is 0.444 e. The summed E-state index contributed by atoms with van der Waals surface area (Å²) in [4.78, 5) is 11.3. The van der Waals surface area contributed by atoms with Crippen LogP contribution in [0, 0.1) is 18.6 Å². The minimum Gasteiger partial charge on any atom is -0.444 e. The van der Waals surface area contributed by atoms with Gasteiger partial charge in [-0.25, -0.2) is 13.6 Å². The molecule has 0 aliphatic carbocycles. The number of halogens is 2. The molecule has 1 amide bonds. The van der Waals surface area contributed by atoms with E-state index in [0.717, 1.165) is 6.07 Å². The number of hydrogen-bond acceptors (Lipinski definition) is 2. The maximum absolute atomic E-state index is 13.4. The fourth-order valence-corrected chi connectivity index (χ4v) is 1.45. The van der Waals surface area contributed by atoms with E-state index in [-0.39, 0.29) is 12.1 Å². The topological polar surface area (TPSA) is 38.3 Å². The van der Waals surface area contributed by atoms with Gasteiger partial charge < -0.3 is 10.1 Å². The molecule has 0 aromatic heterocycles. The summed E-state index contributed by atoms with van der Waals surface area (Å²) in [7, 11) is 0. The lowest BCUT2D eigenvalue weighted by molar-refractivity contribution is 0.0534. The molecular formula is C15H19F2NO2. The Labute approximate surface area is 117 Å². The van der Waals surface area contributed by atoms with Crippen LogP contribution < -0.4 is 5.32 Å². The molecule has 1 N–H and O–H groups in total. The van der Waals surface area contributed by atoms with Crippen LogP contribution in [0.25, 0.3) is 6.08 Å². The molecule has 0 saturated carbocycles. The summed E-state index contributed by atoms with van der Waals surface area (Å²) in [5.74, 6) is -1.21. The molecule has 0 aliphatic heterocycles. The van der Waals surface area contributed by atoms with Gasteiger partial charge in [-0.05, 0) is 39.3 Å². The minimum absolute atomic E-state index is 0.199. The lowest BCUT2D eigenvalue weighted by atomic mass is 10.1. The molecule has 0 bridgehead atoms. The van der Waals surface area contributed by atoms with Crippen molar-refractivity contribution in [3.63, 3.8) is 0 Å². The Morgan fingerprint density at radius 1 is 1.30 bits per heavy atom. The molecule has 0 atom stereocenters. The molecular weight excluding hydrogens is 264 g/mol. The number of hydrogen-bond donors (Lipinski definition) is 1. The molecule has 0 saturated heterocycles. The fraction of sp³-hybridized carbons (Fsp3) is 0.400. The van der Waals surface area contributed by atoms with E-state index in [4.69, 9.17) is 4.74 Å². The first-order chi connectivity index (χ1) is 9.19.